The van der Waals surface area contributed by atoms with Gasteiger partial charge in [0.2, 0.25) is 5.91 Å². The van der Waals surface area contributed by atoms with Crippen molar-refractivity contribution in [2.45, 2.75) is 58.0 Å². The van der Waals surface area contributed by atoms with Crippen LogP contribution in [-0.4, -0.2) is 18.6 Å². The summed E-state index contributed by atoms with van der Waals surface area (Å²) in [5.74, 6) is 1.28. The largest absolute Gasteiger partial charge is 0.490 e. The van der Waals surface area contributed by atoms with Gasteiger partial charge in [0.15, 0.2) is 0 Å². The van der Waals surface area contributed by atoms with Gasteiger partial charge >= 0.3 is 0 Å². The average molecular weight is 460 g/mol. The number of carbonyl (C=O) groups excluding carboxylic acids is 1. The first-order valence-corrected chi connectivity index (χ1v) is 12.4. The third-order valence-electron chi connectivity index (χ3n) is 6.77. The molecule has 0 unspecified atom stereocenters. The maximum Gasteiger partial charge on any atom is 0.216 e. The molecule has 0 aromatic heterocycles. The molecule has 0 heterocycles. The Morgan fingerprint density at radius 1 is 0.941 bits per heavy atom. The SMILES string of the molecule is CC(=O)NCCc1ccc(OC2CCC(CCc3ccccc3)CC2)cc1-c1cccc(F)c1. The van der Waals surface area contributed by atoms with E-state index in [-0.39, 0.29) is 17.8 Å². The zero-order chi connectivity index (χ0) is 23.8. The molecule has 0 bridgehead atoms. The molecular formula is C30H34FNO2. The summed E-state index contributed by atoms with van der Waals surface area (Å²) < 4.78 is 20.3. The molecule has 0 saturated heterocycles. The molecule has 178 valence electrons. The zero-order valence-corrected chi connectivity index (χ0v) is 19.9. The summed E-state index contributed by atoms with van der Waals surface area (Å²) in [4.78, 5) is 11.3. The summed E-state index contributed by atoms with van der Waals surface area (Å²) in [6.07, 6.45) is 7.82. The second-order valence-corrected chi connectivity index (χ2v) is 9.35. The van der Waals surface area contributed by atoms with E-state index in [1.165, 1.54) is 37.8 Å². The number of nitrogens with one attached hydrogen (secondary N) is 1. The lowest BCUT2D eigenvalue weighted by Gasteiger charge is -2.29. The summed E-state index contributed by atoms with van der Waals surface area (Å²) >= 11 is 0. The van der Waals surface area contributed by atoms with Gasteiger partial charge < -0.3 is 10.1 Å². The first-order chi connectivity index (χ1) is 16.6. The lowest BCUT2D eigenvalue weighted by atomic mass is 9.83. The smallest absolute Gasteiger partial charge is 0.216 e. The van der Waals surface area contributed by atoms with Gasteiger partial charge in [-0.1, -0.05) is 48.5 Å². The maximum absolute atomic E-state index is 13.9. The van der Waals surface area contributed by atoms with Crippen LogP contribution in [0.4, 0.5) is 4.39 Å². The topological polar surface area (TPSA) is 38.3 Å². The van der Waals surface area contributed by atoms with Crippen LogP contribution in [0.25, 0.3) is 11.1 Å². The van der Waals surface area contributed by atoms with Crippen molar-refractivity contribution in [2.24, 2.45) is 5.92 Å². The van der Waals surface area contributed by atoms with Gasteiger partial charge in [-0.15, -0.1) is 0 Å². The van der Waals surface area contributed by atoms with Gasteiger partial charge in [0.05, 0.1) is 6.10 Å². The second-order valence-electron chi connectivity index (χ2n) is 9.35. The Morgan fingerprint density at radius 3 is 2.47 bits per heavy atom. The highest BCUT2D eigenvalue weighted by molar-refractivity contribution is 5.73. The minimum Gasteiger partial charge on any atom is -0.490 e. The van der Waals surface area contributed by atoms with Gasteiger partial charge in [-0.2, -0.15) is 0 Å². The van der Waals surface area contributed by atoms with E-state index >= 15 is 0 Å². The number of aryl methyl sites for hydroxylation is 1. The van der Waals surface area contributed by atoms with E-state index in [1.807, 2.05) is 24.3 Å². The minimum absolute atomic E-state index is 0.0494. The Balaban J connectivity index is 1.38. The molecule has 3 aromatic rings. The molecule has 0 radical (unpaired) electrons. The molecule has 4 heteroatoms. The first-order valence-electron chi connectivity index (χ1n) is 12.4. The van der Waals surface area contributed by atoms with Crippen molar-refractivity contribution in [3.8, 4) is 16.9 Å². The van der Waals surface area contributed by atoms with E-state index in [1.54, 1.807) is 12.1 Å². The highest BCUT2D eigenvalue weighted by Gasteiger charge is 2.22. The molecule has 3 nitrogen and oxygen atoms in total. The van der Waals surface area contributed by atoms with Crippen LogP contribution in [0.15, 0.2) is 72.8 Å². The molecule has 1 fully saturated rings. The number of carbonyl (C=O) groups is 1. The first kappa shape index (κ1) is 24.0. The van der Waals surface area contributed by atoms with Crippen LogP contribution < -0.4 is 10.1 Å². The fourth-order valence-electron chi connectivity index (χ4n) is 4.89. The summed E-state index contributed by atoms with van der Waals surface area (Å²) in [6.45, 7) is 2.06. The predicted octanol–water partition coefficient (Wildman–Crippen LogP) is 6.74. The van der Waals surface area contributed by atoms with Crippen LogP contribution in [0.5, 0.6) is 5.75 Å². The molecule has 1 aliphatic carbocycles. The van der Waals surface area contributed by atoms with Crippen molar-refractivity contribution in [1.82, 2.24) is 5.32 Å². The van der Waals surface area contributed by atoms with E-state index in [4.69, 9.17) is 4.74 Å². The summed E-state index contributed by atoms with van der Waals surface area (Å²) in [5, 5.41) is 2.84. The van der Waals surface area contributed by atoms with Crippen molar-refractivity contribution >= 4 is 5.91 Å². The van der Waals surface area contributed by atoms with E-state index in [0.717, 1.165) is 47.6 Å². The second kappa shape index (κ2) is 11.8. The van der Waals surface area contributed by atoms with Gasteiger partial charge in [0.1, 0.15) is 11.6 Å². The molecule has 3 aromatic carbocycles. The van der Waals surface area contributed by atoms with Crippen molar-refractivity contribution in [3.05, 3.63) is 89.7 Å². The number of rotatable bonds is 9. The Kier molecular flexibility index (Phi) is 8.35. The van der Waals surface area contributed by atoms with Gasteiger partial charge in [0, 0.05) is 13.5 Å². The Morgan fingerprint density at radius 2 is 1.74 bits per heavy atom. The van der Waals surface area contributed by atoms with Crippen LogP contribution >= 0.6 is 0 Å². The predicted molar refractivity (Wildman–Crippen MR) is 135 cm³/mol. The fourth-order valence-corrected chi connectivity index (χ4v) is 4.89. The third-order valence-corrected chi connectivity index (χ3v) is 6.77. The molecule has 0 atom stereocenters. The normalized spacial score (nSPS) is 17.8. The van der Waals surface area contributed by atoms with Crippen molar-refractivity contribution in [1.29, 1.82) is 0 Å². The molecule has 1 aliphatic rings. The molecule has 1 amide bonds. The zero-order valence-electron chi connectivity index (χ0n) is 19.9. The minimum atomic E-state index is -0.259. The molecule has 1 saturated carbocycles. The lowest BCUT2D eigenvalue weighted by molar-refractivity contribution is -0.118. The Bertz CT molecular complexity index is 1070. The van der Waals surface area contributed by atoms with Crippen LogP contribution in [0, 0.1) is 11.7 Å². The standard InChI is InChI=1S/C30H34FNO2/c1-22(33)32-19-18-25-14-17-29(21-30(25)26-8-5-9-27(31)20-26)34-28-15-12-24(13-16-28)11-10-23-6-3-2-4-7-23/h2-9,14,17,20-21,24,28H,10-13,15-16,18-19H2,1H3,(H,32,33). The fraction of sp³-hybridized carbons (Fsp3) is 0.367. The number of halogens is 1. The van der Waals surface area contributed by atoms with Crippen LogP contribution in [0.3, 0.4) is 0 Å². The molecule has 0 aliphatic heterocycles. The molecular weight excluding hydrogens is 425 g/mol. The van der Waals surface area contributed by atoms with Crippen molar-refractivity contribution in [2.75, 3.05) is 6.54 Å². The van der Waals surface area contributed by atoms with Gasteiger partial charge in [-0.25, -0.2) is 4.39 Å². The van der Waals surface area contributed by atoms with Gasteiger partial charge in [0.25, 0.3) is 0 Å². The van der Waals surface area contributed by atoms with Crippen molar-refractivity contribution in [3.63, 3.8) is 0 Å². The summed E-state index contributed by atoms with van der Waals surface area (Å²) in [5.41, 5.74) is 4.27. The van der Waals surface area contributed by atoms with Crippen molar-refractivity contribution < 1.29 is 13.9 Å². The average Bonchev–Trinajstić information content (AvgIpc) is 2.85. The van der Waals surface area contributed by atoms with E-state index in [2.05, 4.69) is 35.6 Å². The highest BCUT2D eigenvalue weighted by atomic mass is 19.1. The summed E-state index contributed by atoms with van der Waals surface area (Å²) in [7, 11) is 0. The highest BCUT2D eigenvalue weighted by Crippen LogP contribution is 2.33. The molecule has 34 heavy (non-hydrogen) atoms. The molecule has 0 spiro atoms. The summed E-state index contributed by atoms with van der Waals surface area (Å²) in [6, 6.07) is 23.5. The van der Waals surface area contributed by atoms with Gasteiger partial charge in [-0.3, -0.25) is 4.79 Å². The third kappa shape index (κ3) is 6.93. The maximum atomic E-state index is 13.9. The number of benzene rings is 3. The Labute approximate surface area is 202 Å². The monoisotopic (exact) mass is 459 g/mol. The lowest BCUT2D eigenvalue weighted by Crippen LogP contribution is -2.24. The number of ether oxygens (including phenoxy) is 1. The van der Waals surface area contributed by atoms with E-state index in [9.17, 15) is 9.18 Å². The number of hydrogen-bond donors (Lipinski definition) is 1. The van der Waals surface area contributed by atoms with Crippen LogP contribution in [0.2, 0.25) is 0 Å². The van der Waals surface area contributed by atoms with E-state index in [0.29, 0.717) is 13.0 Å². The quantitative estimate of drug-likeness (QED) is 0.385. The van der Waals surface area contributed by atoms with E-state index < -0.39 is 0 Å². The Hall–Kier alpha value is -3.14. The number of hydrogen-bond acceptors (Lipinski definition) is 2. The molecule has 1 N–H and O–H groups in total. The number of amides is 1. The molecule has 4 rings (SSSR count). The van der Waals surface area contributed by atoms with Gasteiger partial charge in [-0.05, 0) is 97.4 Å². The van der Waals surface area contributed by atoms with Crippen LogP contribution in [-0.2, 0) is 17.6 Å². The van der Waals surface area contributed by atoms with Crippen LogP contribution in [0.1, 0.15) is 50.2 Å².